The Bertz CT molecular complexity index is 557. The monoisotopic (exact) mass is 256 g/mol. The highest BCUT2D eigenvalue weighted by Gasteiger charge is 2.09. The molecule has 2 rings (SSSR count). The van der Waals surface area contributed by atoms with Gasteiger partial charge in [0, 0.05) is 0 Å². The lowest BCUT2D eigenvalue weighted by Crippen LogP contribution is -1.95. The summed E-state index contributed by atoms with van der Waals surface area (Å²) in [6, 6.07) is 10.2. The Kier molecular flexibility index (Phi) is 3.79. The highest BCUT2D eigenvalue weighted by Crippen LogP contribution is 2.33. The minimum absolute atomic E-state index is 0.855. The first kappa shape index (κ1) is 13.5. The maximum absolute atomic E-state index is 6.05. The van der Waals surface area contributed by atoms with E-state index in [0.717, 1.165) is 39.5 Å². The number of para-hydroxylation sites is 1. The summed E-state index contributed by atoms with van der Waals surface area (Å²) in [6.45, 7) is 8.18. The molecule has 0 bridgehead atoms. The maximum atomic E-state index is 6.05. The Balaban J connectivity index is 2.39. The van der Waals surface area contributed by atoms with Gasteiger partial charge in [0.15, 0.2) is 0 Å². The molecule has 2 nitrogen and oxygen atoms in total. The van der Waals surface area contributed by atoms with E-state index in [9.17, 15) is 0 Å². The van der Waals surface area contributed by atoms with Gasteiger partial charge in [0.25, 0.3) is 0 Å². The Morgan fingerprint density at radius 3 is 1.74 bits per heavy atom. The van der Waals surface area contributed by atoms with E-state index in [1.54, 1.807) is 7.11 Å². The van der Waals surface area contributed by atoms with Crippen LogP contribution in [0.15, 0.2) is 30.3 Å². The van der Waals surface area contributed by atoms with E-state index < -0.39 is 0 Å². The smallest absolute Gasteiger partial charge is 0.133 e. The Morgan fingerprint density at radius 1 is 0.737 bits per heavy atom. The molecule has 0 aromatic heterocycles. The molecule has 0 aliphatic rings. The number of benzene rings is 2. The lowest BCUT2D eigenvalue weighted by Gasteiger charge is -2.15. The summed E-state index contributed by atoms with van der Waals surface area (Å²) in [5, 5.41) is 0. The average Bonchev–Trinajstić information content (AvgIpc) is 2.34. The lowest BCUT2D eigenvalue weighted by atomic mass is 10.1. The van der Waals surface area contributed by atoms with Crippen LogP contribution in [0.2, 0.25) is 0 Å². The normalized spacial score (nSPS) is 10.4. The number of ether oxygens (including phenoxy) is 2. The van der Waals surface area contributed by atoms with Gasteiger partial charge in [0.2, 0.25) is 0 Å². The van der Waals surface area contributed by atoms with Gasteiger partial charge in [0.05, 0.1) is 7.11 Å². The van der Waals surface area contributed by atoms with Gasteiger partial charge in [-0.3, -0.25) is 0 Å². The molecule has 19 heavy (non-hydrogen) atoms. The first-order valence-electron chi connectivity index (χ1n) is 6.42. The van der Waals surface area contributed by atoms with Gasteiger partial charge in [-0.05, 0) is 62.1 Å². The molecule has 0 N–H and O–H groups in total. The summed E-state index contributed by atoms with van der Waals surface area (Å²) in [6.07, 6.45) is 0. The number of hydrogen-bond donors (Lipinski definition) is 0. The Morgan fingerprint density at radius 2 is 1.26 bits per heavy atom. The van der Waals surface area contributed by atoms with Crippen LogP contribution in [0.1, 0.15) is 22.3 Å². The standard InChI is InChI=1S/C17H20O2/c1-11-7-6-8-12(2)17(11)19-15-9-13(3)16(18-5)14(4)10-15/h6-10H,1-5H3. The van der Waals surface area contributed by atoms with Crippen molar-refractivity contribution in [2.45, 2.75) is 27.7 Å². The van der Waals surface area contributed by atoms with Crippen molar-refractivity contribution in [3.8, 4) is 17.2 Å². The van der Waals surface area contributed by atoms with Crippen molar-refractivity contribution in [3.63, 3.8) is 0 Å². The van der Waals surface area contributed by atoms with Crippen LogP contribution in [0, 0.1) is 27.7 Å². The summed E-state index contributed by atoms with van der Waals surface area (Å²) in [7, 11) is 1.70. The third-order valence-corrected chi connectivity index (χ3v) is 3.27. The van der Waals surface area contributed by atoms with E-state index in [1.165, 1.54) is 0 Å². The summed E-state index contributed by atoms with van der Waals surface area (Å²) in [4.78, 5) is 0. The van der Waals surface area contributed by atoms with Gasteiger partial charge < -0.3 is 9.47 Å². The largest absolute Gasteiger partial charge is 0.496 e. The highest BCUT2D eigenvalue weighted by atomic mass is 16.5. The van der Waals surface area contributed by atoms with E-state index in [2.05, 4.69) is 26.0 Å². The third kappa shape index (κ3) is 2.73. The Hall–Kier alpha value is -1.96. The number of methoxy groups -OCH3 is 1. The summed E-state index contributed by atoms with van der Waals surface area (Å²) in [5.41, 5.74) is 4.46. The average molecular weight is 256 g/mol. The van der Waals surface area contributed by atoms with Gasteiger partial charge in [0.1, 0.15) is 17.2 Å². The van der Waals surface area contributed by atoms with Crippen molar-refractivity contribution < 1.29 is 9.47 Å². The van der Waals surface area contributed by atoms with Crippen LogP contribution in [0.3, 0.4) is 0 Å². The quantitative estimate of drug-likeness (QED) is 0.791. The van der Waals surface area contributed by atoms with Crippen molar-refractivity contribution in [2.75, 3.05) is 7.11 Å². The molecule has 100 valence electrons. The van der Waals surface area contributed by atoms with Gasteiger partial charge >= 0.3 is 0 Å². The number of aryl methyl sites for hydroxylation is 4. The van der Waals surface area contributed by atoms with Gasteiger partial charge in [-0.15, -0.1) is 0 Å². The SMILES string of the molecule is COc1c(C)cc(Oc2c(C)cccc2C)cc1C. The molecule has 0 spiro atoms. The fraction of sp³-hybridized carbons (Fsp3) is 0.294. The van der Waals surface area contributed by atoms with Crippen LogP contribution in [0.25, 0.3) is 0 Å². The lowest BCUT2D eigenvalue weighted by molar-refractivity contribution is 0.406. The molecule has 0 radical (unpaired) electrons. The molecule has 2 heteroatoms. The molecule has 0 atom stereocenters. The van der Waals surface area contributed by atoms with E-state index >= 15 is 0 Å². The molecule has 0 fully saturated rings. The minimum Gasteiger partial charge on any atom is -0.496 e. The van der Waals surface area contributed by atoms with Gasteiger partial charge in [-0.1, -0.05) is 18.2 Å². The van der Waals surface area contributed by atoms with Crippen molar-refractivity contribution in [3.05, 3.63) is 52.6 Å². The molecule has 0 saturated carbocycles. The van der Waals surface area contributed by atoms with Crippen molar-refractivity contribution in [1.82, 2.24) is 0 Å². The first-order valence-corrected chi connectivity index (χ1v) is 6.42. The highest BCUT2D eigenvalue weighted by molar-refractivity contribution is 5.49. The van der Waals surface area contributed by atoms with E-state index in [-0.39, 0.29) is 0 Å². The fourth-order valence-electron chi connectivity index (χ4n) is 2.37. The van der Waals surface area contributed by atoms with Gasteiger partial charge in [-0.2, -0.15) is 0 Å². The summed E-state index contributed by atoms with van der Waals surface area (Å²) >= 11 is 0. The third-order valence-electron chi connectivity index (χ3n) is 3.27. The zero-order chi connectivity index (χ0) is 14.0. The zero-order valence-corrected chi connectivity index (χ0v) is 12.2. The zero-order valence-electron chi connectivity index (χ0n) is 12.2. The molecule has 0 aliphatic heterocycles. The first-order chi connectivity index (χ1) is 9.02. The molecule has 0 aliphatic carbocycles. The van der Waals surface area contributed by atoms with E-state index in [1.807, 2.05) is 32.0 Å². The van der Waals surface area contributed by atoms with Crippen LogP contribution in [0.5, 0.6) is 17.2 Å². The van der Waals surface area contributed by atoms with Crippen LogP contribution < -0.4 is 9.47 Å². The van der Waals surface area contributed by atoms with E-state index in [0.29, 0.717) is 0 Å². The number of hydrogen-bond acceptors (Lipinski definition) is 2. The number of rotatable bonds is 3. The van der Waals surface area contributed by atoms with E-state index in [4.69, 9.17) is 9.47 Å². The van der Waals surface area contributed by atoms with Crippen molar-refractivity contribution >= 4 is 0 Å². The maximum Gasteiger partial charge on any atom is 0.133 e. The predicted octanol–water partition coefficient (Wildman–Crippen LogP) is 4.72. The Labute approximate surface area is 115 Å². The van der Waals surface area contributed by atoms with Crippen LogP contribution in [0.4, 0.5) is 0 Å². The van der Waals surface area contributed by atoms with Crippen LogP contribution >= 0.6 is 0 Å². The summed E-state index contributed by atoms with van der Waals surface area (Å²) in [5.74, 6) is 2.72. The molecular formula is C17H20O2. The second kappa shape index (κ2) is 5.35. The van der Waals surface area contributed by atoms with Crippen LogP contribution in [-0.2, 0) is 0 Å². The van der Waals surface area contributed by atoms with Crippen LogP contribution in [-0.4, -0.2) is 7.11 Å². The molecule has 0 amide bonds. The fourth-order valence-corrected chi connectivity index (χ4v) is 2.37. The van der Waals surface area contributed by atoms with Crippen molar-refractivity contribution in [1.29, 1.82) is 0 Å². The molecule has 0 unspecified atom stereocenters. The topological polar surface area (TPSA) is 18.5 Å². The molecule has 0 saturated heterocycles. The summed E-state index contributed by atoms with van der Waals surface area (Å²) < 4.78 is 11.4. The van der Waals surface area contributed by atoms with Crippen molar-refractivity contribution in [2.24, 2.45) is 0 Å². The second-order valence-electron chi connectivity index (χ2n) is 4.91. The van der Waals surface area contributed by atoms with Gasteiger partial charge in [-0.25, -0.2) is 0 Å². The minimum atomic E-state index is 0.855. The predicted molar refractivity (Wildman–Crippen MR) is 78.5 cm³/mol. The molecular weight excluding hydrogens is 236 g/mol. The molecule has 0 heterocycles. The second-order valence-corrected chi connectivity index (χ2v) is 4.91. The molecule has 2 aromatic carbocycles. The molecule has 2 aromatic rings.